The normalized spacial score (nSPS) is 12.1. The van der Waals surface area contributed by atoms with Crippen LogP contribution in [-0.4, -0.2) is 50.9 Å². The lowest BCUT2D eigenvalue weighted by molar-refractivity contribution is -0.139. The van der Waals surface area contributed by atoms with Gasteiger partial charge in [0.15, 0.2) is 0 Å². The van der Waals surface area contributed by atoms with E-state index in [4.69, 9.17) is 27.9 Å². The Morgan fingerprint density at radius 3 is 2.23 bits per heavy atom. The highest BCUT2D eigenvalue weighted by Crippen LogP contribution is 2.33. The van der Waals surface area contributed by atoms with Gasteiger partial charge in [-0.25, -0.2) is 8.42 Å². The van der Waals surface area contributed by atoms with Gasteiger partial charge < -0.3 is 15.0 Å². The lowest BCUT2D eigenvalue weighted by atomic mass is 10.1. The second kappa shape index (κ2) is 13.4. The van der Waals surface area contributed by atoms with E-state index in [1.807, 2.05) is 20.8 Å². The molecule has 0 radical (unpaired) electrons. The van der Waals surface area contributed by atoms with Gasteiger partial charge in [-0.15, -0.1) is 0 Å². The molecule has 0 aliphatic rings. The molecule has 1 unspecified atom stereocenters. The maximum atomic E-state index is 14.0. The Morgan fingerprint density at radius 2 is 1.62 bits per heavy atom. The van der Waals surface area contributed by atoms with Crippen LogP contribution in [0.5, 0.6) is 5.75 Å². The Kier molecular flexibility index (Phi) is 10.5. The van der Waals surface area contributed by atoms with Crippen molar-refractivity contribution in [1.82, 2.24) is 10.2 Å². The zero-order valence-electron chi connectivity index (χ0n) is 23.0. The van der Waals surface area contributed by atoms with Crippen molar-refractivity contribution >= 4 is 50.7 Å². The molecule has 11 heteroatoms. The third kappa shape index (κ3) is 7.47. The number of rotatable bonds is 11. The van der Waals surface area contributed by atoms with Gasteiger partial charge in [0, 0.05) is 22.6 Å². The number of sulfonamides is 1. The SMILES string of the molecule is COc1ccccc1N(CC(=O)N(Cc1ccc(Cl)cc1Cl)C(C)C(=O)NC(C)C)S(=O)(=O)c1ccc(C)cc1. The average molecular weight is 607 g/mol. The Labute approximate surface area is 245 Å². The lowest BCUT2D eigenvalue weighted by Crippen LogP contribution is -2.52. The summed E-state index contributed by atoms with van der Waals surface area (Å²) in [5.74, 6) is -0.735. The number of nitrogens with zero attached hydrogens (tertiary/aromatic N) is 2. The first-order valence-electron chi connectivity index (χ1n) is 12.6. The first-order chi connectivity index (χ1) is 18.8. The van der Waals surface area contributed by atoms with Gasteiger partial charge in [0.1, 0.15) is 18.3 Å². The number of methoxy groups -OCH3 is 1. The van der Waals surface area contributed by atoms with E-state index in [1.165, 1.54) is 24.1 Å². The first-order valence-corrected chi connectivity index (χ1v) is 14.8. The molecule has 1 atom stereocenters. The fourth-order valence-corrected chi connectivity index (χ4v) is 5.90. The van der Waals surface area contributed by atoms with Gasteiger partial charge in [-0.3, -0.25) is 13.9 Å². The molecule has 0 aromatic heterocycles. The van der Waals surface area contributed by atoms with Crippen LogP contribution in [-0.2, 0) is 26.2 Å². The molecule has 3 rings (SSSR count). The van der Waals surface area contributed by atoms with Crippen LogP contribution in [0.1, 0.15) is 31.9 Å². The van der Waals surface area contributed by atoms with E-state index in [2.05, 4.69) is 5.32 Å². The summed E-state index contributed by atoms with van der Waals surface area (Å²) in [6, 6.07) is 16.6. The number of nitrogens with one attached hydrogen (secondary N) is 1. The van der Waals surface area contributed by atoms with Gasteiger partial charge in [0.2, 0.25) is 11.8 Å². The molecule has 2 amide bonds. The number of hydrogen-bond acceptors (Lipinski definition) is 5. The quantitative estimate of drug-likeness (QED) is 0.313. The molecule has 1 N–H and O–H groups in total. The first kappa shape index (κ1) is 31.3. The number of ether oxygens (including phenoxy) is 1. The van der Waals surface area contributed by atoms with Crippen LogP contribution in [0, 0.1) is 6.92 Å². The molecule has 3 aromatic rings. The summed E-state index contributed by atoms with van der Waals surface area (Å²) in [6.07, 6.45) is 0. The highest BCUT2D eigenvalue weighted by molar-refractivity contribution is 7.92. The minimum atomic E-state index is -4.22. The van der Waals surface area contributed by atoms with Gasteiger partial charge in [0.05, 0.1) is 17.7 Å². The van der Waals surface area contributed by atoms with Gasteiger partial charge in [-0.05, 0) is 69.7 Å². The Bertz CT molecular complexity index is 1460. The monoisotopic (exact) mass is 605 g/mol. The predicted octanol–water partition coefficient (Wildman–Crippen LogP) is 5.45. The van der Waals surface area contributed by atoms with Crippen LogP contribution in [0.25, 0.3) is 0 Å². The molecule has 0 saturated carbocycles. The third-order valence-electron chi connectivity index (χ3n) is 6.20. The largest absolute Gasteiger partial charge is 0.495 e. The highest BCUT2D eigenvalue weighted by atomic mass is 35.5. The summed E-state index contributed by atoms with van der Waals surface area (Å²) in [5.41, 5.74) is 1.62. The van der Waals surface area contributed by atoms with Crippen molar-refractivity contribution in [2.75, 3.05) is 18.0 Å². The number of amides is 2. The molecule has 0 fully saturated rings. The summed E-state index contributed by atoms with van der Waals surface area (Å²) in [7, 11) is -2.80. The molecular formula is C29H33Cl2N3O5S. The molecule has 0 bridgehead atoms. The molecular weight excluding hydrogens is 573 g/mol. The summed E-state index contributed by atoms with van der Waals surface area (Å²) >= 11 is 12.5. The molecule has 8 nitrogen and oxygen atoms in total. The van der Waals surface area contributed by atoms with Crippen LogP contribution < -0.4 is 14.4 Å². The Hall–Kier alpha value is -3.27. The molecule has 0 aliphatic carbocycles. The van der Waals surface area contributed by atoms with E-state index in [0.29, 0.717) is 15.6 Å². The molecule has 0 heterocycles. The smallest absolute Gasteiger partial charge is 0.264 e. The van der Waals surface area contributed by atoms with Crippen LogP contribution >= 0.6 is 23.2 Å². The van der Waals surface area contributed by atoms with Crippen molar-refractivity contribution in [3.05, 3.63) is 87.9 Å². The summed E-state index contributed by atoms with van der Waals surface area (Å²) in [6.45, 7) is 6.41. The molecule has 0 saturated heterocycles. The molecule has 0 spiro atoms. The van der Waals surface area contributed by atoms with Crippen LogP contribution in [0.2, 0.25) is 10.0 Å². The van der Waals surface area contributed by atoms with Gasteiger partial charge in [-0.2, -0.15) is 0 Å². The van der Waals surface area contributed by atoms with Crippen molar-refractivity contribution in [3.8, 4) is 5.75 Å². The van der Waals surface area contributed by atoms with Gasteiger partial charge in [-0.1, -0.05) is 59.1 Å². The summed E-state index contributed by atoms with van der Waals surface area (Å²) in [5, 5.41) is 3.55. The van der Waals surface area contributed by atoms with Crippen molar-refractivity contribution in [1.29, 1.82) is 0 Å². The maximum Gasteiger partial charge on any atom is 0.264 e. The Morgan fingerprint density at radius 1 is 0.975 bits per heavy atom. The molecule has 40 heavy (non-hydrogen) atoms. The topological polar surface area (TPSA) is 96.0 Å². The van der Waals surface area contributed by atoms with Crippen molar-refractivity contribution in [2.45, 2.75) is 51.2 Å². The molecule has 214 valence electrons. The number of hydrogen-bond donors (Lipinski definition) is 1. The zero-order chi connectivity index (χ0) is 29.6. The second-order valence-corrected chi connectivity index (χ2v) is 12.3. The summed E-state index contributed by atoms with van der Waals surface area (Å²) in [4.78, 5) is 28.3. The minimum absolute atomic E-state index is 0.00898. The average Bonchev–Trinajstić information content (AvgIpc) is 2.90. The fourth-order valence-electron chi connectivity index (χ4n) is 4.01. The third-order valence-corrected chi connectivity index (χ3v) is 8.56. The van der Waals surface area contributed by atoms with Gasteiger partial charge in [0.25, 0.3) is 10.0 Å². The number of carbonyl (C=O) groups excluding carboxylic acids is 2. The number of halogens is 2. The van der Waals surface area contributed by atoms with Crippen molar-refractivity contribution < 1.29 is 22.7 Å². The molecule has 0 aliphatic heterocycles. The Balaban J connectivity index is 2.09. The van der Waals surface area contributed by atoms with Crippen molar-refractivity contribution in [3.63, 3.8) is 0 Å². The predicted molar refractivity (Wildman–Crippen MR) is 158 cm³/mol. The number of benzene rings is 3. The number of aryl methyl sites for hydroxylation is 1. The van der Waals surface area contributed by atoms with E-state index >= 15 is 0 Å². The summed E-state index contributed by atoms with van der Waals surface area (Å²) < 4.78 is 34.4. The number of para-hydroxylation sites is 2. The highest BCUT2D eigenvalue weighted by Gasteiger charge is 2.34. The lowest BCUT2D eigenvalue weighted by Gasteiger charge is -2.32. The molecule has 3 aromatic carbocycles. The van der Waals surface area contributed by atoms with E-state index in [0.717, 1.165) is 9.87 Å². The number of anilines is 1. The second-order valence-electron chi connectivity index (χ2n) is 9.59. The fraction of sp³-hybridized carbons (Fsp3) is 0.310. The van der Waals surface area contributed by atoms with Crippen LogP contribution in [0.3, 0.4) is 0 Å². The maximum absolute atomic E-state index is 14.0. The van der Waals surface area contributed by atoms with Gasteiger partial charge >= 0.3 is 0 Å². The van der Waals surface area contributed by atoms with Crippen LogP contribution in [0.4, 0.5) is 5.69 Å². The zero-order valence-corrected chi connectivity index (χ0v) is 25.3. The van der Waals surface area contributed by atoms with E-state index in [1.54, 1.807) is 61.5 Å². The van der Waals surface area contributed by atoms with E-state index in [9.17, 15) is 18.0 Å². The van der Waals surface area contributed by atoms with Crippen molar-refractivity contribution in [2.24, 2.45) is 0 Å². The van der Waals surface area contributed by atoms with Crippen LogP contribution in [0.15, 0.2) is 71.6 Å². The van der Waals surface area contributed by atoms with E-state index < -0.39 is 34.4 Å². The minimum Gasteiger partial charge on any atom is -0.495 e. The number of carbonyl (C=O) groups is 2. The van der Waals surface area contributed by atoms with E-state index in [-0.39, 0.29) is 28.9 Å². The standard InChI is InChI=1S/C29H33Cl2N3O5S/c1-19(2)32-29(36)21(4)33(17-22-12-13-23(30)16-25(22)31)28(35)18-34(26-8-6-7-9-27(26)39-5)40(37,38)24-14-10-20(3)11-15-24/h6-16,19,21H,17-18H2,1-5H3,(H,32,36).